The fourth-order valence-corrected chi connectivity index (χ4v) is 3.20. The predicted octanol–water partition coefficient (Wildman–Crippen LogP) is 4.63. The summed E-state index contributed by atoms with van der Waals surface area (Å²) >= 11 is 7.13. The van der Waals surface area contributed by atoms with Gasteiger partial charge in [0.25, 0.3) is 5.91 Å². The molecule has 0 saturated carbocycles. The number of carbonyl (C=O) groups is 2. The average Bonchev–Trinajstić information content (AvgIpc) is 3.24. The van der Waals surface area contributed by atoms with Gasteiger partial charge in [-0.1, -0.05) is 11.6 Å². The molecule has 0 spiro atoms. The molecule has 2 amide bonds. The van der Waals surface area contributed by atoms with Crippen molar-refractivity contribution in [2.45, 2.75) is 17.9 Å². The van der Waals surface area contributed by atoms with Crippen LogP contribution in [0.15, 0.2) is 58.2 Å². The summed E-state index contributed by atoms with van der Waals surface area (Å²) in [6.07, 6.45) is 2.33. The fourth-order valence-electron chi connectivity index (χ4n) is 2.26. The molecule has 0 aliphatic carbocycles. The second-order valence-corrected chi connectivity index (χ2v) is 7.34. The third-order valence-electron chi connectivity index (χ3n) is 3.63. The van der Waals surface area contributed by atoms with Crippen molar-refractivity contribution >= 4 is 46.7 Å². The Bertz CT molecular complexity index is 984. The van der Waals surface area contributed by atoms with Gasteiger partial charge in [-0.3, -0.25) is 9.59 Å². The van der Waals surface area contributed by atoms with E-state index in [1.165, 1.54) is 36.2 Å². The second-order valence-electron chi connectivity index (χ2n) is 5.82. The number of nitrogens with zero attached hydrogens (tertiary/aromatic N) is 2. The highest BCUT2D eigenvalue weighted by Gasteiger charge is 2.10. The Hall–Kier alpha value is -2.91. The van der Waals surface area contributed by atoms with Gasteiger partial charge in [0, 0.05) is 17.9 Å². The van der Waals surface area contributed by atoms with Crippen LogP contribution in [0, 0.1) is 5.82 Å². The molecule has 2 N–H and O–H groups in total. The molecule has 0 aliphatic rings. The Labute approximate surface area is 175 Å². The van der Waals surface area contributed by atoms with Gasteiger partial charge < -0.3 is 15.1 Å². The van der Waals surface area contributed by atoms with Crippen molar-refractivity contribution in [2.75, 3.05) is 16.4 Å². The van der Waals surface area contributed by atoms with Gasteiger partial charge in [0.15, 0.2) is 11.6 Å². The number of aromatic nitrogens is 2. The first-order valence-electron chi connectivity index (χ1n) is 8.57. The molecule has 2 heterocycles. The van der Waals surface area contributed by atoms with Crippen LogP contribution in [0.25, 0.3) is 0 Å². The molecule has 2 aromatic heterocycles. The molecule has 150 valence electrons. The quantitative estimate of drug-likeness (QED) is 0.396. The zero-order chi connectivity index (χ0) is 20.6. The molecule has 0 fully saturated rings. The number of nitrogens with one attached hydrogen (secondary N) is 2. The van der Waals surface area contributed by atoms with E-state index in [4.69, 9.17) is 16.0 Å². The third kappa shape index (κ3) is 6.30. The van der Waals surface area contributed by atoms with Crippen molar-refractivity contribution in [3.8, 4) is 0 Å². The minimum absolute atomic E-state index is 0.0410. The summed E-state index contributed by atoms with van der Waals surface area (Å²) in [7, 11) is 0. The lowest BCUT2D eigenvalue weighted by Gasteiger charge is -2.06. The minimum atomic E-state index is -0.534. The topological polar surface area (TPSA) is 97.1 Å². The molecule has 0 bridgehead atoms. The van der Waals surface area contributed by atoms with Crippen LogP contribution in [0.2, 0.25) is 5.02 Å². The largest absolute Gasteiger partial charge is 0.459 e. The normalized spacial score (nSPS) is 10.6. The molecule has 10 heteroatoms. The van der Waals surface area contributed by atoms with Crippen molar-refractivity contribution in [1.82, 2.24) is 10.2 Å². The van der Waals surface area contributed by atoms with Gasteiger partial charge >= 0.3 is 0 Å². The molecule has 29 heavy (non-hydrogen) atoms. The van der Waals surface area contributed by atoms with E-state index < -0.39 is 11.7 Å². The number of benzene rings is 1. The Morgan fingerprint density at radius 3 is 2.69 bits per heavy atom. The number of hydrogen-bond donors (Lipinski definition) is 2. The summed E-state index contributed by atoms with van der Waals surface area (Å²) in [6.45, 7) is 0. The van der Waals surface area contributed by atoms with Crippen LogP contribution in [-0.4, -0.2) is 27.8 Å². The number of hydrogen-bond acceptors (Lipinski definition) is 6. The average molecular weight is 435 g/mol. The Morgan fingerprint density at radius 2 is 2.00 bits per heavy atom. The molecule has 3 rings (SSSR count). The van der Waals surface area contributed by atoms with Crippen molar-refractivity contribution < 1.29 is 18.4 Å². The zero-order valence-electron chi connectivity index (χ0n) is 15.0. The lowest BCUT2D eigenvalue weighted by atomic mass is 10.2. The first-order valence-corrected chi connectivity index (χ1v) is 9.94. The highest BCUT2D eigenvalue weighted by atomic mass is 35.5. The lowest BCUT2D eigenvalue weighted by molar-refractivity contribution is -0.116. The first-order chi connectivity index (χ1) is 14.0. The maximum Gasteiger partial charge on any atom is 0.292 e. The van der Waals surface area contributed by atoms with Crippen molar-refractivity contribution in [3.63, 3.8) is 0 Å². The Morgan fingerprint density at radius 1 is 1.14 bits per heavy atom. The predicted molar refractivity (Wildman–Crippen MR) is 109 cm³/mol. The first kappa shape index (κ1) is 20.8. The summed E-state index contributed by atoms with van der Waals surface area (Å²) in [6, 6.07) is 10.6. The van der Waals surface area contributed by atoms with Gasteiger partial charge in [0.2, 0.25) is 5.91 Å². The molecular weight excluding hydrogens is 419 g/mol. The SMILES string of the molecule is O=C(CCCSc1ccc(NC(=O)c2ccco2)nn1)Nc1ccc(F)c(Cl)c1. The number of anilines is 2. The summed E-state index contributed by atoms with van der Waals surface area (Å²) < 4.78 is 18.1. The number of halogens is 2. The van der Waals surface area contributed by atoms with Crippen LogP contribution in [0.4, 0.5) is 15.9 Å². The summed E-state index contributed by atoms with van der Waals surface area (Å²) in [5.41, 5.74) is 0.451. The van der Waals surface area contributed by atoms with E-state index in [1.54, 1.807) is 24.3 Å². The Balaban J connectivity index is 1.38. The van der Waals surface area contributed by atoms with Crippen LogP contribution < -0.4 is 10.6 Å². The van der Waals surface area contributed by atoms with Gasteiger partial charge in [0.05, 0.1) is 11.3 Å². The van der Waals surface area contributed by atoms with E-state index in [2.05, 4.69) is 20.8 Å². The van der Waals surface area contributed by atoms with Crippen LogP contribution in [0.3, 0.4) is 0 Å². The Kier molecular flexibility index (Phi) is 7.20. The van der Waals surface area contributed by atoms with Crippen LogP contribution in [-0.2, 0) is 4.79 Å². The monoisotopic (exact) mass is 434 g/mol. The summed E-state index contributed by atoms with van der Waals surface area (Å²) in [5.74, 6) is 0.0337. The maximum atomic E-state index is 13.1. The maximum absolute atomic E-state index is 13.1. The molecule has 3 aromatic rings. The van der Waals surface area contributed by atoms with Crippen molar-refractivity contribution in [2.24, 2.45) is 0 Å². The van der Waals surface area contributed by atoms with Crippen molar-refractivity contribution in [3.05, 3.63) is 65.3 Å². The van der Waals surface area contributed by atoms with Crippen LogP contribution in [0.5, 0.6) is 0 Å². The molecule has 0 unspecified atom stereocenters. The molecular formula is C19H16ClFN4O3S. The zero-order valence-corrected chi connectivity index (χ0v) is 16.6. The smallest absolute Gasteiger partial charge is 0.292 e. The fraction of sp³-hybridized carbons (Fsp3) is 0.158. The van der Waals surface area contributed by atoms with E-state index >= 15 is 0 Å². The molecule has 0 radical (unpaired) electrons. The minimum Gasteiger partial charge on any atom is -0.459 e. The summed E-state index contributed by atoms with van der Waals surface area (Å²) in [4.78, 5) is 23.8. The molecule has 1 aromatic carbocycles. The van der Waals surface area contributed by atoms with Crippen LogP contribution in [0.1, 0.15) is 23.4 Å². The van der Waals surface area contributed by atoms with Crippen LogP contribution >= 0.6 is 23.4 Å². The number of amides is 2. The molecule has 0 saturated heterocycles. The lowest BCUT2D eigenvalue weighted by Crippen LogP contribution is -2.12. The number of furan rings is 1. The molecule has 7 nitrogen and oxygen atoms in total. The third-order valence-corrected chi connectivity index (χ3v) is 4.92. The van der Waals surface area contributed by atoms with E-state index in [1.807, 2.05) is 0 Å². The molecule has 0 atom stereocenters. The van der Waals surface area contributed by atoms with Gasteiger partial charge in [-0.25, -0.2) is 4.39 Å². The number of carbonyl (C=O) groups excluding carboxylic acids is 2. The van der Waals surface area contributed by atoms with E-state index in [0.29, 0.717) is 35.1 Å². The molecule has 0 aliphatic heterocycles. The van der Waals surface area contributed by atoms with Gasteiger partial charge in [-0.05, 0) is 48.9 Å². The van der Waals surface area contributed by atoms with Crippen molar-refractivity contribution in [1.29, 1.82) is 0 Å². The standard InChI is InChI=1S/C19H16ClFN4O3S/c20-13-11-12(5-6-14(13)21)22-17(26)4-2-10-29-18-8-7-16(24-25-18)23-19(27)15-3-1-9-28-15/h1,3,5-9,11H,2,4,10H2,(H,22,26)(H,23,24,27). The van der Waals surface area contributed by atoms with Gasteiger partial charge in [-0.15, -0.1) is 22.0 Å². The van der Waals surface area contributed by atoms with E-state index in [9.17, 15) is 14.0 Å². The van der Waals surface area contributed by atoms with E-state index in [0.717, 1.165) is 0 Å². The summed E-state index contributed by atoms with van der Waals surface area (Å²) in [5, 5.41) is 13.9. The highest BCUT2D eigenvalue weighted by molar-refractivity contribution is 7.99. The number of rotatable bonds is 8. The van der Waals surface area contributed by atoms with E-state index in [-0.39, 0.29) is 16.7 Å². The highest BCUT2D eigenvalue weighted by Crippen LogP contribution is 2.20. The number of thioether (sulfide) groups is 1. The second kappa shape index (κ2) is 10.0. The van der Waals surface area contributed by atoms with Gasteiger partial charge in [-0.2, -0.15) is 0 Å². The van der Waals surface area contributed by atoms with Gasteiger partial charge in [0.1, 0.15) is 10.8 Å².